The molecule has 0 aromatic carbocycles. The fourth-order valence-electron chi connectivity index (χ4n) is 5.79. The maximum atomic E-state index is 12.8. The van der Waals surface area contributed by atoms with Gasteiger partial charge >= 0.3 is 17.9 Å². The van der Waals surface area contributed by atoms with Crippen LogP contribution in [0.15, 0.2) is 170 Å². The third-order valence-electron chi connectivity index (χ3n) is 9.42. The van der Waals surface area contributed by atoms with Gasteiger partial charge in [0, 0.05) is 19.3 Å². The summed E-state index contributed by atoms with van der Waals surface area (Å²) in [7, 11) is 0. The predicted octanol–water partition coefficient (Wildman–Crippen LogP) is 16.4. The quantitative estimate of drug-likeness (QED) is 0.0200. The lowest BCUT2D eigenvalue weighted by atomic mass is 10.1. The molecule has 358 valence electrons. The molecule has 1 unspecified atom stereocenters. The summed E-state index contributed by atoms with van der Waals surface area (Å²) in [4.78, 5) is 37.9. The molecule has 6 nitrogen and oxygen atoms in total. The van der Waals surface area contributed by atoms with Crippen LogP contribution in [0.2, 0.25) is 0 Å². The standard InChI is InChI=1S/C59H86O6/c1-4-7-10-13-16-19-22-25-27-28-29-30-32-34-37-40-43-46-49-52-58(61)64-55-56(54-63-57(60)51-48-45-42-39-36-33-24-21-18-15-12-9-6-3)65-59(62)53-50-47-44-41-38-35-31-26-23-20-17-14-11-8-5-2/h7-12,14-21,23-27,29-31,33-38,56H,4-6,13,22,28,32,39-55H2,1-3H3/b10-7+,11-8+,12-9+,17-14+,18-15+,19-16+,23-20+,24-21+,27-25+,30-29+,31-26+,36-33+,37-34+,38-35+. The van der Waals surface area contributed by atoms with Crippen LogP contribution in [-0.2, 0) is 28.6 Å². The number of esters is 3. The van der Waals surface area contributed by atoms with Gasteiger partial charge in [-0.15, -0.1) is 0 Å². The summed E-state index contributed by atoms with van der Waals surface area (Å²) in [5.74, 6) is -1.07. The number of ether oxygens (including phenoxy) is 3. The number of allylic oxidation sites excluding steroid dienone is 28. The van der Waals surface area contributed by atoms with Crippen LogP contribution in [0.1, 0.15) is 162 Å². The number of rotatable bonds is 41. The van der Waals surface area contributed by atoms with E-state index in [1.165, 1.54) is 0 Å². The molecule has 0 fully saturated rings. The van der Waals surface area contributed by atoms with Gasteiger partial charge in [-0.1, -0.05) is 210 Å². The molecule has 0 rings (SSSR count). The van der Waals surface area contributed by atoms with Gasteiger partial charge in [0.15, 0.2) is 6.10 Å². The van der Waals surface area contributed by atoms with Crippen LogP contribution in [0.3, 0.4) is 0 Å². The van der Waals surface area contributed by atoms with E-state index in [1.807, 2.05) is 85.1 Å². The van der Waals surface area contributed by atoms with Gasteiger partial charge in [0.05, 0.1) is 0 Å². The van der Waals surface area contributed by atoms with Crippen molar-refractivity contribution in [1.82, 2.24) is 0 Å². The van der Waals surface area contributed by atoms with Crippen molar-refractivity contribution in [2.75, 3.05) is 13.2 Å². The third-order valence-corrected chi connectivity index (χ3v) is 9.42. The van der Waals surface area contributed by atoms with Crippen LogP contribution in [-0.4, -0.2) is 37.2 Å². The van der Waals surface area contributed by atoms with Crippen LogP contribution in [0, 0.1) is 0 Å². The Bertz CT molecular complexity index is 1590. The van der Waals surface area contributed by atoms with Crippen molar-refractivity contribution in [2.45, 2.75) is 168 Å². The minimum Gasteiger partial charge on any atom is -0.462 e. The van der Waals surface area contributed by atoms with Gasteiger partial charge in [-0.05, 0) is 103 Å². The third kappa shape index (κ3) is 49.6. The Labute approximate surface area is 396 Å². The molecular weight excluding hydrogens is 805 g/mol. The van der Waals surface area contributed by atoms with E-state index in [0.717, 1.165) is 109 Å². The predicted molar refractivity (Wildman–Crippen MR) is 278 cm³/mol. The normalized spacial score (nSPS) is 13.6. The zero-order chi connectivity index (χ0) is 47.2. The second-order valence-electron chi connectivity index (χ2n) is 15.4. The highest BCUT2D eigenvalue weighted by Gasteiger charge is 2.19. The lowest BCUT2D eigenvalue weighted by Gasteiger charge is -2.18. The average molecular weight is 891 g/mol. The van der Waals surface area contributed by atoms with Gasteiger partial charge in [0.2, 0.25) is 0 Å². The van der Waals surface area contributed by atoms with Crippen LogP contribution in [0.4, 0.5) is 0 Å². The van der Waals surface area contributed by atoms with E-state index in [-0.39, 0.29) is 44.0 Å². The Balaban J connectivity index is 4.62. The Kier molecular flexibility index (Phi) is 47.3. The van der Waals surface area contributed by atoms with Crippen molar-refractivity contribution in [2.24, 2.45) is 0 Å². The topological polar surface area (TPSA) is 78.9 Å². The van der Waals surface area contributed by atoms with E-state index in [1.54, 1.807) is 0 Å². The average Bonchev–Trinajstić information content (AvgIpc) is 3.30. The van der Waals surface area contributed by atoms with Gasteiger partial charge < -0.3 is 14.2 Å². The minimum atomic E-state index is -0.839. The zero-order valence-corrected chi connectivity index (χ0v) is 40.7. The molecule has 65 heavy (non-hydrogen) atoms. The molecule has 0 aliphatic rings. The van der Waals surface area contributed by atoms with E-state index >= 15 is 0 Å². The summed E-state index contributed by atoms with van der Waals surface area (Å²) in [6.07, 6.45) is 76.2. The van der Waals surface area contributed by atoms with E-state index in [9.17, 15) is 14.4 Å². The molecular formula is C59H86O6. The largest absolute Gasteiger partial charge is 0.462 e. The highest BCUT2D eigenvalue weighted by Crippen LogP contribution is 2.11. The SMILES string of the molecule is CC/C=C/C=C/C=C/C=C/C=C/CCCCCC(=O)OC(COC(=O)CCCCC/C=C/C=C/C=C/C=C/CC)COC(=O)CCCCC/C=C/C/C=C/C/C=C/C/C=C/C/C=C/CC. The summed E-state index contributed by atoms with van der Waals surface area (Å²) in [5.41, 5.74) is 0. The van der Waals surface area contributed by atoms with E-state index < -0.39 is 6.10 Å². The Morgan fingerprint density at radius 3 is 1.02 bits per heavy atom. The number of hydrogen-bond acceptors (Lipinski definition) is 6. The van der Waals surface area contributed by atoms with Gasteiger partial charge in [-0.25, -0.2) is 0 Å². The van der Waals surface area contributed by atoms with Crippen molar-refractivity contribution < 1.29 is 28.6 Å². The summed E-state index contributed by atoms with van der Waals surface area (Å²) < 4.78 is 16.7. The van der Waals surface area contributed by atoms with Crippen molar-refractivity contribution in [3.8, 4) is 0 Å². The number of carbonyl (C=O) groups excluding carboxylic acids is 3. The van der Waals surface area contributed by atoms with Crippen molar-refractivity contribution >= 4 is 17.9 Å². The molecule has 0 bridgehead atoms. The Morgan fingerprint density at radius 1 is 0.323 bits per heavy atom. The first-order valence-corrected chi connectivity index (χ1v) is 24.8. The summed E-state index contributed by atoms with van der Waals surface area (Å²) >= 11 is 0. The zero-order valence-electron chi connectivity index (χ0n) is 40.7. The summed E-state index contributed by atoms with van der Waals surface area (Å²) in [5, 5.41) is 0. The highest BCUT2D eigenvalue weighted by molar-refractivity contribution is 5.71. The number of unbranched alkanes of at least 4 members (excludes halogenated alkanes) is 9. The molecule has 0 spiro atoms. The number of hydrogen-bond donors (Lipinski definition) is 0. The van der Waals surface area contributed by atoms with Gasteiger partial charge in [0.1, 0.15) is 13.2 Å². The molecule has 0 radical (unpaired) electrons. The maximum absolute atomic E-state index is 12.8. The van der Waals surface area contributed by atoms with Gasteiger partial charge in [-0.3, -0.25) is 14.4 Å². The van der Waals surface area contributed by atoms with Crippen LogP contribution in [0.25, 0.3) is 0 Å². The van der Waals surface area contributed by atoms with Crippen molar-refractivity contribution in [1.29, 1.82) is 0 Å². The van der Waals surface area contributed by atoms with Crippen LogP contribution in [0.5, 0.6) is 0 Å². The fourth-order valence-corrected chi connectivity index (χ4v) is 5.79. The first-order chi connectivity index (χ1) is 32.0. The highest BCUT2D eigenvalue weighted by atomic mass is 16.6. The Morgan fingerprint density at radius 2 is 0.631 bits per heavy atom. The lowest BCUT2D eigenvalue weighted by molar-refractivity contribution is -0.167. The molecule has 0 saturated carbocycles. The molecule has 0 aromatic rings. The molecule has 0 heterocycles. The monoisotopic (exact) mass is 891 g/mol. The molecule has 0 amide bonds. The number of carbonyl (C=O) groups is 3. The maximum Gasteiger partial charge on any atom is 0.306 e. The van der Waals surface area contributed by atoms with Crippen molar-refractivity contribution in [3.05, 3.63) is 170 Å². The molecule has 0 aromatic heterocycles. The molecule has 0 N–H and O–H groups in total. The second-order valence-corrected chi connectivity index (χ2v) is 15.4. The smallest absolute Gasteiger partial charge is 0.306 e. The first-order valence-electron chi connectivity index (χ1n) is 24.8. The molecule has 0 aliphatic heterocycles. The van der Waals surface area contributed by atoms with Crippen LogP contribution >= 0.6 is 0 Å². The summed E-state index contributed by atoms with van der Waals surface area (Å²) in [6, 6.07) is 0. The Hall–Kier alpha value is -5.23. The van der Waals surface area contributed by atoms with Gasteiger partial charge in [0.25, 0.3) is 0 Å². The first kappa shape index (κ1) is 59.8. The van der Waals surface area contributed by atoms with E-state index in [2.05, 4.69) is 106 Å². The second kappa shape index (κ2) is 51.4. The van der Waals surface area contributed by atoms with E-state index in [0.29, 0.717) is 19.3 Å². The lowest BCUT2D eigenvalue weighted by Crippen LogP contribution is -2.30. The summed E-state index contributed by atoms with van der Waals surface area (Å²) in [6.45, 7) is 6.10. The molecule has 0 saturated heterocycles. The van der Waals surface area contributed by atoms with E-state index in [4.69, 9.17) is 14.2 Å². The van der Waals surface area contributed by atoms with Gasteiger partial charge in [-0.2, -0.15) is 0 Å². The molecule has 1 atom stereocenters. The minimum absolute atomic E-state index is 0.135. The van der Waals surface area contributed by atoms with Crippen LogP contribution < -0.4 is 0 Å². The van der Waals surface area contributed by atoms with Crippen molar-refractivity contribution in [3.63, 3.8) is 0 Å². The fraction of sp³-hybridized carbons (Fsp3) is 0.475. The molecule has 6 heteroatoms. The molecule has 0 aliphatic carbocycles.